The summed E-state index contributed by atoms with van der Waals surface area (Å²) in [5, 5.41) is 15.6. The molecule has 1 N–H and O–H groups in total. The molecular formula is C18H21N7O. The number of nitrogens with one attached hydrogen (secondary N) is 1. The van der Waals surface area contributed by atoms with Crippen LogP contribution in [-0.4, -0.2) is 48.4 Å². The highest BCUT2D eigenvalue weighted by Gasteiger charge is 2.31. The van der Waals surface area contributed by atoms with E-state index in [1.54, 1.807) is 10.9 Å². The minimum absolute atomic E-state index is 0.0589. The molecule has 3 heterocycles. The Morgan fingerprint density at radius 2 is 1.96 bits per heavy atom. The first kappa shape index (κ1) is 16.5. The minimum Gasteiger partial charge on any atom is -0.321 e. The van der Waals surface area contributed by atoms with Crippen LogP contribution in [0.3, 0.4) is 0 Å². The van der Waals surface area contributed by atoms with Gasteiger partial charge in [0.15, 0.2) is 0 Å². The van der Waals surface area contributed by atoms with Crippen molar-refractivity contribution in [1.29, 1.82) is 0 Å². The molecule has 0 saturated heterocycles. The van der Waals surface area contributed by atoms with Crippen LogP contribution >= 0.6 is 0 Å². The van der Waals surface area contributed by atoms with Crippen molar-refractivity contribution < 1.29 is 4.79 Å². The lowest BCUT2D eigenvalue weighted by molar-refractivity contribution is -0.122. The second kappa shape index (κ2) is 6.38. The summed E-state index contributed by atoms with van der Waals surface area (Å²) in [4.78, 5) is 15.0. The van der Waals surface area contributed by atoms with Crippen molar-refractivity contribution in [1.82, 2.24) is 29.4 Å². The van der Waals surface area contributed by atoms with Crippen LogP contribution in [0.25, 0.3) is 11.3 Å². The number of hydrogen-bond donors (Lipinski definition) is 1. The van der Waals surface area contributed by atoms with Crippen LogP contribution in [0.5, 0.6) is 0 Å². The van der Waals surface area contributed by atoms with Gasteiger partial charge >= 0.3 is 0 Å². The summed E-state index contributed by atoms with van der Waals surface area (Å²) in [6.45, 7) is 3.04. The zero-order chi connectivity index (χ0) is 18.3. The van der Waals surface area contributed by atoms with Crippen LogP contribution in [0.2, 0.25) is 0 Å². The number of rotatable bonds is 3. The zero-order valence-corrected chi connectivity index (χ0v) is 15.0. The molecule has 1 aliphatic heterocycles. The summed E-state index contributed by atoms with van der Waals surface area (Å²) in [5.41, 5.74) is 2.61. The minimum atomic E-state index is -0.291. The zero-order valence-electron chi connectivity index (χ0n) is 15.0. The van der Waals surface area contributed by atoms with Crippen LogP contribution in [0.1, 0.15) is 11.6 Å². The van der Waals surface area contributed by atoms with Gasteiger partial charge in [-0.15, -0.1) is 10.2 Å². The lowest BCUT2D eigenvalue weighted by Gasteiger charge is -2.32. The topological polar surface area (TPSA) is 80.9 Å². The Bertz CT molecular complexity index is 944. The fraction of sp³-hybridized carbons (Fsp3) is 0.333. The molecule has 1 atom stereocenters. The molecule has 0 spiro atoms. The Hall–Kier alpha value is -3.00. The molecule has 4 rings (SSSR count). The molecule has 0 bridgehead atoms. The van der Waals surface area contributed by atoms with Crippen molar-refractivity contribution in [2.45, 2.75) is 26.1 Å². The van der Waals surface area contributed by atoms with E-state index in [2.05, 4.69) is 20.6 Å². The lowest BCUT2D eigenvalue weighted by Crippen LogP contribution is -2.48. The van der Waals surface area contributed by atoms with E-state index >= 15 is 0 Å². The maximum atomic E-state index is 13.0. The van der Waals surface area contributed by atoms with Crippen molar-refractivity contribution in [2.75, 3.05) is 12.4 Å². The van der Waals surface area contributed by atoms with Gasteiger partial charge in [0.25, 0.3) is 0 Å². The smallest absolute Gasteiger partial charge is 0.243 e. The monoisotopic (exact) mass is 351 g/mol. The summed E-state index contributed by atoms with van der Waals surface area (Å²) in [6, 6.07) is 9.63. The molecule has 134 valence electrons. The third-order valence-electron chi connectivity index (χ3n) is 4.84. The van der Waals surface area contributed by atoms with Gasteiger partial charge < -0.3 is 9.88 Å². The predicted octanol–water partition coefficient (Wildman–Crippen LogP) is 1.44. The van der Waals surface area contributed by atoms with E-state index in [9.17, 15) is 4.79 Å². The van der Waals surface area contributed by atoms with E-state index in [1.807, 2.05) is 60.8 Å². The van der Waals surface area contributed by atoms with Crippen molar-refractivity contribution in [3.63, 3.8) is 0 Å². The molecule has 1 aliphatic rings. The molecule has 1 amide bonds. The highest BCUT2D eigenvalue weighted by atomic mass is 16.2. The predicted molar refractivity (Wildman–Crippen MR) is 97.3 cm³/mol. The number of amides is 1. The first-order chi connectivity index (χ1) is 12.5. The molecule has 1 aromatic carbocycles. The number of fused-ring (bicyclic) bond motifs is 1. The number of likely N-dealkylation sites (N-methyl/N-ethyl adjacent to an activating group) is 1. The summed E-state index contributed by atoms with van der Waals surface area (Å²) < 4.78 is 3.78. The Labute approximate surface area is 151 Å². The summed E-state index contributed by atoms with van der Waals surface area (Å²) in [6.07, 6.45) is 1.69. The maximum Gasteiger partial charge on any atom is 0.243 e. The van der Waals surface area contributed by atoms with Gasteiger partial charge in [-0.25, -0.2) is 0 Å². The standard InChI is InChI=1S/C18H21N7O/c1-12-21-22-16-11-23(2)15(10-25(12)16)18(26)20-14-9-19-24(3)17(14)13-7-5-4-6-8-13/h4-9,15H,10-11H2,1-3H3,(H,20,26). The van der Waals surface area contributed by atoms with Crippen LogP contribution in [0, 0.1) is 6.92 Å². The van der Waals surface area contributed by atoms with Crippen molar-refractivity contribution in [3.8, 4) is 11.3 Å². The molecular weight excluding hydrogens is 330 g/mol. The maximum absolute atomic E-state index is 13.0. The Kier molecular flexibility index (Phi) is 4.04. The molecule has 8 heteroatoms. The van der Waals surface area contributed by atoms with Gasteiger partial charge in [-0.1, -0.05) is 30.3 Å². The molecule has 8 nitrogen and oxygen atoms in total. The van der Waals surface area contributed by atoms with Crippen molar-refractivity contribution in [3.05, 3.63) is 48.2 Å². The molecule has 26 heavy (non-hydrogen) atoms. The number of aryl methyl sites for hydroxylation is 2. The van der Waals surface area contributed by atoms with E-state index in [1.165, 1.54) is 0 Å². The average molecular weight is 351 g/mol. The van der Waals surface area contributed by atoms with E-state index in [4.69, 9.17) is 0 Å². The highest BCUT2D eigenvalue weighted by molar-refractivity contribution is 5.97. The number of anilines is 1. The number of carbonyl (C=O) groups is 1. The van der Waals surface area contributed by atoms with Crippen molar-refractivity contribution >= 4 is 11.6 Å². The van der Waals surface area contributed by atoms with E-state index in [0.29, 0.717) is 18.8 Å². The second-order valence-corrected chi connectivity index (χ2v) is 6.59. The number of nitrogens with zero attached hydrogens (tertiary/aromatic N) is 6. The summed E-state index contributed by atoms with van der Waals surface area (Å²) in [7, 11) is 3.80. The number of hydrogen-bond acceptors (Lipinski definition) is 5. The molecule has 0 radical (unpaired) electrons. The molecule has 1 unspecified atom stereocenters. The SMILES string of the molecule is Cc1nnc2n1CC(C(=O)Nc1cnn(C)c1-c1ccccc1)N(C)C2. The third kappa shape index (κ3) is 2.78. The molecule has 0 aliphatic carbocycles. The van der Waals surface area contributed by atoms with Crippen LogP contribution < -0.4 is 5.32 Å². The van der Waals surface area contributed by atoms with Gasteiger partial charge in [-0.05, 0) is 14.0 Å². The number of carbonyl (C=O) groups excluding carboxylic acids is 1. The first-order valence-electron chi connectivity index (χ1n) is 8.52. The van der Waals surface area contributed by atoms with Crippen molar-refractivity contribution in [2.24, 2.45) is 7.05 Å². The molecule has 0 saturated carbocycles. The van der Waals surface area contributed by atoms with Gasteiger partial charge in [0.1, 0.15) is 17.7 Å². The van der Waals surface area contributed by atoms with Gasteiger partial charge in [-0.2, -0.15) is 5.10 Å². The normalized spacial score (nSPS) is 17.1. The summed E-state index contributed by atoms with van der Waals surface area (Å²) in [5.74, 6) is 1.66. The van der Waals surface area contributed by atoms with Gasteiger partial charge in [0.05, 0.1) is 30.7 Å². The fourth-order valence-electron chi connectivity index (χ4n) is 3.39. The van der Waals surface area contributed by atoms with Crippen LogP contribution in [0.15, 0.2) is 36.5 Å². The number of benzene rings is 1. The Balaban J connectivity index is 1.59. The average Bonchev–Trinajstić information content (AvgIpc) is 3.17. The Morgan fingerprint density at radius 1 is 1.19 bits per heavy atom. The van der Waals surface area contributed by atoms with Gasteiger partial charge in [0.2, 0.25) is 5.91 Å². The van der Waals surface area contributed by atoms with Gasteiger partial charge in [-0.3, -0.25) is 14.4 Å². The van der Waals surface area contributed by atoms with Crippen LogP contribution in [0.4, 0.5) is 5.69 Å². The quantitative estimate of drug-likeness (QED) is 0.772. The lowest BCUT2D eigenvalue weighted by atomic mass is 10.1. The van der Waals surface area contributed by atoms with Crippen LogP contribution in [-0.2, 0) is 24.9 Å². The van der Waals surface area contributed by atoms with E-state index in [0.717, 1.165) is 22.9 Å². The second-order valence-electron chi connectivity index (χ2n) is 6.59. The van der Waals surface area contributed by atoms with Gasteiger partial charge in [0, 0.05) is 12.6 Å². The van der Waals surface area contributed by atoms with E-state index < -0.39 is 0 Å². The highest BCUT2D eigenvalue weighted by Crippen LogP contribution is 2.27. The molecule has 0 fully saturated rings. The third-order valence-corrected chi connectivity index (χ3v) is 4.84. The van der Waals surface area contributed by atoms with E-state index in [-0.39, 0.29) is 11.9 Å². The molecule has 2 aromatic heterocycles. The Morgan fingerprint density at radius 3 is 2.73 bits per heavy atom. The first-order valence-corrected chi connectivity index (χ1v) is 8.52. The molecule has 3 aromatic rings. The largest absolute Gasteiger partial charge is 0.321 e. The fourth-order valence-corrected chi connectivity index (χ4v) is 3.39. The number of aromatic nitrogens is 5. The summed E-state index contributed by atoms with van der Waals surface area (Å²) >= 11 is 0.